The van der Waals surface area contributed by atoms with Gasteiger partial charge in [0.25, 0.3) is 5.91 Å². The van der Waals surface area contributed by atoms with E-state index in [2.05, 4.69) is 25.6 Å². The average Bonchev–Trinajstić information content (AvgIpc) is 3.07. The van der Waals surface area contributed by atoms with E-state index >= 15 is 0 Å². The van der Waals surface area contributed by atoms with Gasteiger partial charge in [0.2, 0.25) is 5.95 Å². The summed E-state index contributed by atoms with van der Waals surface area (Å²) in [7, 11) is 0. The minimum absolute atomic E-state index is 0.184. The van der Waals surface area contributed by atoms with Crippen molar-refractivity contribution in [1.82, 2.24) is 20.3 Å². The minimum atomic E-state index is -0.184. The van der Waals surface area contributed by atoms with E-state index in [9.17, 15) is 4.79 Å². The van der Waals surface area contributed by atoms with Gasteiger partial charge in [0, 0.05) is 37.4 Å². The van der Waals surface area contributed by atoms with Crippen LogP contribution in [-0.2, 0) is 6.54 Å². The SMILES string of the molecule is O=C(NCc1cccnc1)c1cnc(NC2CCCC2)nc1. The van der Waals surface area contributed by atoms with Crippen LogP contribution in [0.4, 0.5) is 5.95 Å². The number of carbonyl (C=O) groups is 1. The maximum atomic E-state index is 12.0. The van der Waals surface area contributed by atoms with Gasteiger partial charge in [0.05, 0.1) is 5.56 Å². The molecule has 1 aliphatic carbocycles. The summed E-state index contributed by atoms with van der Waals surface area (Å²) in [5, 5.41) is 6.13. The van der Waals surface area contributed by atoms with Crippen molar-refractivity contribution in [3.05, 3.63) is 48.0 Å². The van der Waals surface area contributed by atoms with Gasteiger partial charge in [-0.2, -0.15) is 0 Å². The lowest BCUT2D eigenvalue weighted by Gasteiger charge is -2.11. The molecule has 22 heavy (non-hydrogen) atoms. The minimum Gasteiger partial charge on any atom is -0.351 e. The summed E-state index contributed by atoms with van der Waals surface area (Å²) in [4.78, 5) is 24.5. The van der Waals surface area contributed by atoms with Gasteiger partial charge in [-0.25, -0.2) is 9.97 Å². The maximum absolute atomic E-state index is 12.0. The van der Waals surface area contributed by atoms with Crippen LogP contribution in [0.1, 0.15) is 41.6 Å². The largest absolute Gasteiger partial charge is 0.351 e. The van der Waals surface area contributed by atoms with E-state index in [1.807, 2.05) is 12.1 Å². The van der Waals surface area contributed by atoms with Crippen molar-refractivity contribution in [2.45, 2.75) is 38.3 Å². The fourth-order valence-electron chi connectivity index (χ4n) is 2.56. The Balaban J connectivity index is 1.54. The molecular formula is C16H19N5O. The molecule has 0 spiro atoms. The highest BCUT2D eigenvalue weighted by Gasteiger charge is 2.15. The van der Waals surface area contributed by atoms with Crippen molar-refractivity contribution >= 4 is 11.9 Å². The Bertz CT molecular complexity index is 608. The lowest BCUT2D eigenvalue weighted by molar-refractivity contribution is 0.0950. The summed E-state index contributed by atoms with van der Waals surface area (Å²) < 4.78 is 0. The number of hydrogen-bond acceptors (Lipinski definition) is 5. The van der Waals surface area contributed by atoms with Crippen LogP contribution in [0, 0.1) is 0 Å². The number of rotatable bonds is 5. The summed E-state index contributed by atoms with van der Waals surface area (Å²) >= 11 is 0. The zero-order valence-corrected chi connectivity index (χ0v) is 12.3. The van der Waals surface area contributed by atoms with Crippen molar-refractivity contribution in [3.63, 3.8) is 0 Å². The van der Waals surface area contributed by atoms with Gasteiger partial charge in [-0.1, -0.05) is 18.9 Å². The molecule has 0 atom stereocenters. The second-order valence-corrected chi connectivity index (χ2v) is 5.47. The van der Waals surface area contributed by atoms with Gasteiger partial charge in [-0.05, 0) is 24.5 Å². The summed E-state index contributed by atoms with van der Waals surface area (Å²) in [6.45, 7) is 0.439. The maximum Gasteiger partial charge on any atom is 0.254 e. The monoisotopic (exact) mass is 297 g/mol. The lowest BCUT2D eigenvalue weighted by atomic mass is 10.2. The van der Waals surface area contributed by atoms with Crippen molar-refractivity contribution in [3.8, 4) is 0 Å². The fraction of sp³-hybridized carbons (Fsp3) is 0.375. The Morgan fingerprint density at radius 3 is 2.64 bits per heavy atom. The molecule has 6 heteroatoms. The second kappa shape index (κ2) is 6.98. The van der Waals surface area contributed by atoms with E-state index < -0.39 is 0 Å². The molecule has 1 amide bonds. The highest BCUT2D eigenvalue weighted by Crippen LogP contribution is 2.20. The van der Waals surface area contributed by atoms with E-state index in [0.717, 1.165) is 18.4 Å². The second-order valence-electron chi connectivity index (χ2n) is 5.47. The summed E-state index contributed by atoms with van der Waals surface area (Å²) in [5.41, 5.74) is 1.41. The van der Waals surface area contributed by atoms with Gasteiger partial charge in [-0.15, -0.1) is 0 Å². The summed E-state index contributed by atoms with van der Waals surface area (Å²) in [6.07, 6.45) is 11.4. The third-order valence-corrected chi connectivity index (χ3v) is 3.78. The van der Waals surface area contributed by atoms with Crippen molar-refractivity contribution in [2.24, 2.45) is 0 Å². The highest BCUT2D eigenvalue weighted by molar-refractivity contribution is 5.93. The van der Waals surface area contributed by atoms with E-state index in [1.54, 1.807) is 24.8 Å². The van der Waals surface area contributed by atoms with Gasteiger partial charge >= 0.3 is 0 Å². The molecule has 0 aromatic carbocycles. The van der Waals surface area contributed by atoms with Gasteiger partial charge < -0.3 is 10.6 Å². The van der Waals surface area contributed by atoms with Crippen LogP contribution in [0.2, 0.25) is 0 Å². The predicted octanol–water partition coefficient (Wildman–Crippen LogP) is 2.16. The number of pyridine rings is 1. The highest BCUT2D eigenvalue weighted by atomic mass is 16.1. The topological polar surface area (TPSA) is 79.8 Å². The Morgan fingerprint density at radius 1 is 1.18 bits per heavy atom. The normalized spacial score (nSPS) is 14.7. The number of nitrogens with zero attached hydrogens (tertiary/aromatic N) is 3. The standard InChI is InChI=1S/C16H19N5O/c22-15(18-9-12-4-3-7-17-8-12)13-10-19-16(20-11-13)21-14-5-1-2-6-14/h3-4,7-8,10-11,14H,1-2,5-6,9H2,(H,18,22)(H,19,20,21). The number of anilines is 1. The fourth-order valence-corrected chi connectivity index (χ4v) is 2.56. The number of amides is 1. The van der Waals surface area contributed by atoms with Crippen LogP contribution >= 0.6 is 0 Å². The summed E-state index contributed by atoms with van der Waals surface area (Å²) in [6, 6.07) is 4.22. The predicted molar refractivity (Wildman–Crippen MR) is 83.3 cm³/mol. The number of aromatic nitrogens is 3. The molecule has 114 valence electrons. The first-order chi connectivity index (χ1) is 10.8. The first kappa shape index (κ1) is 14.4. The molecule has 0 radical (unpaired) electrons. The average molecular weight is 297 g/mol. The number of hydrogen-bond donors (Lipinski definition) is 2. The molecule has 2 aromatic rings. The first-order valence-electron chi connectivity index (χ1n) is 7.57. The van der Waals surface area contributed by atoms with E-state index in [4.69, 9.17) is 0 Å². The molecule has 1 fully saturated rings. The Morgan fingerprint density at radius 2 is 1.95 bits per heavy atom. The molecule has 2 heterocycles. The molecule has 0 aliphatic heterocycles. The molecule has 2 N–H and O–H groups in total. The van der Waals surface area contributed by atoms with Crippen LogP contribution in [0.5, 0.6) is 0 Å². The van der Waals surface area contributed by atoms with Crippen LogP contribution in [0.3, 0.4) is 0 Å². The Hall–Kier alpha value is -2.50. The molecule has 1 saturated carbocycles. The van der Waals surface area contributed by atoms with Gasteiger partial charge in [0.15, 0.2) is 0 Å². The Labute approximate surface area is 129 Å². The molecule has 1 aliphatic rings. The third-order valence-electron chi connectivity index (χ3n) is 3.78. The van der Waals surface area contributed by atoms with E-state index in [-0.39, 0.29) is 5.91 Å². The molecule has 6 nitrogen and oxygen atoms in total. The van der Waals surface area contributed by atoms with Crippen LogP contribution in [0.25, 0.3) is 0 Å². The van der Waals surface area contributed by atoms with Crippen molar-refractivity contribution in [2.75, 3.05) is 5.32 Å². The third kappa shape index (κ3) is 3.78. The Kier molecular flexibility index (Phi) is 4.58. The van der Waals surface area contributed by atoms with Gasteiger partial charge in [-0.3, -0.25) is 9.78 Å². The molecule has 0 saturated heterocycles. The molecule has 0 bridgehead atoms. The molecular weight excluding hydrogens is 278 g/mol. The van der Waals surface area contributed by atoms with Crippen molar-refractivity contribution < 1.29 is 4.79 Å². The van der Waals surface area contributed by atoms with Crippen LogP contribution in [0.15, 0.2) is 36.9 Å². The first-order valence-corrected chi connectivity index (χ1v) is 7.57. The zero-order valence-electron chi connectivity index (χ0n) is 12.3. The van der Waals surface area contributed by atoms with Crippen molar-refractivity contribution in [1.29, 1.82) is 0 Å². The molecule has 2 aromatic heterocycles. The van der Waals surface area contributed by atoms with Gasteiger partial charge in [0.1, 0.15) is 0 Å². The molecule has 0 unspecified atom stereocenters. The van der Waals surface area contributed by atoms with E-state index in [1.165, 1.54) is 12.8 Å². The molecule has 3 rings (SSSR count). The number of nitrogens with one attached hydrogen (secondary N) is 2. The van der Waals surface area contributed by atoms with Crippen LogP contribution < -0.4 is 10.6 Å². The number of carbonyl (C=O) groups excluding carboxylic acids is 1. The zero-order chi connectivity index (χ0) is 15.2. The summed E-state index contributed by atoms with van der Waals surface area (Å²) in [5.74, 6) is 0.409. The van der Waals surface area contributed by atoms with E-state index in [0.29, 0.717) is 24.1 Å². The smallest absolute Gasteiger partial charge is 0.254 e. The van der Waals surface area contributed by atoms with Crippen LogP contribution in [-0.4, -0.2) is 26.9 Å². The quantitative estimate of drug-likeness (QED) is 0.884. The lowest BCUT2D eigenvalue weighted by Crippen LogP contribution is -2.23.